The van der Waals surface area contributed by atoms with Gasteiger partial charge in [0.05, 0.1) is 28.3 Å². The highest BCUT2D eigenvalue weighted by Crippen LogP contribution is 2.29. The molecule has 31 heavy (non-hydrogen) atoms. The SMILES string of the molecule is O=C(CSc1cccc(NC(=O)C2CC=CCC2C(=O)O)c1)Nc1ccc(Cl)cc1Cl. The first-order chi connectivity index (χ1) is 14.8. The Morgan fingerprint density at radius 2 is 1.74 bits per heavy atom. The third kappa shape index (κ3) is 6.50. The highest BCUT2D eigenvalue weighted by Gasteiger charge is 2.33. The molecule has 3 rings (SSSR count). The van der Waals surface area contributed by atoms with Crippen LogP contribution in [0.1, 0.15) is 12.8 Å². The lowest BCUT2D eigenvalue weighted by Gasteiger charge is -2.24. The lowest BCUT2D eigenvalue weighted by atomic mass is 9.82. The molecule has 6 nitrogen and oxygen atoms in total. The van der Waals surface area contributed by atoms with Crippen molar-refractivity contribution in [1.82, 2.24) is 0 Å². The summed E-state index contributed by atoms with van der Waals surface area (Å²) in [6.07, 6.45) is 4.37. The van der Waals surface area contributed by atoms with Crippen LogP contribution in [0.5, 0.6) is 0 Å². The molecule has 0 bridgehead atoms. The summed E-state index contributed by atoms with van der Waals surface area (Å²) < 4.78 is 0. The number of rotatable bonds is 7. The summed E-state index contributed by atoms with van der Waals surface area (Å²) in [6.45, 7) is 0. The topological polar surface area (TPSA) is 95.5 Å². The first-order valence-electron chi connectivity index (χ1n) is 9.50. The summed E-state index contributed by atoms with van der Waals surface area (Å²) in [5.74, 6) is -2.73. The molecule has 0 saturated carbocycles. The molecule has 2 aromatic rings. The maximum absolute atomic E-state index is 12.6. The zero-order valence-corrected chi connectivity index (χ0v) is 18.6. The van der Waals surface area contributed by atoms with Crippen molar-refractivity contribution in [2.75, 3.05) is 16.4 Å². The predicted octanol–water partition coefficient (Wildman–Crippen LogP) is 5.33. The van der Waals surface area contributed by atoms with E-state index in [2.05, 4.69) is 10.6 Å². The lowest BCUT2D eigenvalue weighted by Crippen LogP contribution is -2.34. The number of hydrogen-bond donors (Lipinski definition) is 3. The molecule has 2 amide bonds. The summed E-state index contributed by atoms with van der Waals surface area (Å²) in [5, 5.41) is 15.7. The van der Waals surface area contributed by atoms with Crippen LogP contribution in [0, 0.1) is 11.8 Å². The Labute approximate surface area is 194 Å². The molecule has 1 aliphatic rings. The van der Waals surface area contributed by atoms with Crippen molar-refractivity contribution in [2.45, 2.75) is 17.7 Å². The van der Waals surface area contributed by atoms with Crippen molar-refractivity contribution >= 4 is 64.1 Å². The Kier molecular flexibility index (Phi) is 8.01. The van der Waals surface area contributed by atoms with E-state index in [1.807, 2.05) is 12.1 Å². The Morgan fingerprint density at radius 1 is 1.00 bits per heavy atom. The van der Waals surface area contributed by atoms with E-state index in [9.17, 15) is 19.5 Å². The number of anilines is 2. The summed E-state index contributed by atoms with van der Waals surface area (Å²) >= 11 is 13.2. The summed E-state index contributed by atoms with van der Waals surface area (Å²) in [6, 6.07) is 11.9. The number of carbonyl (C=O) groups is 3. The monoisotopic (exact) mass is 478 g/mol. The summed E-state index contributed by atoms with van der Waals surface area (Å²) in [4.78, 5) is 37.1. The zero-order chi connectivity index (χ0) is 22.4. The molecular weight excluding hydrogens is 459 g/mol. The highest BCUT2D eigenvalue weighted by atomic mass is 35.5. The van der Waals surface area contributed by atoms with E-state index in [0.717, 1.165) is 4.90 Å². The molecule has 3 N–H and O–H groups in total. The molecule has 0 fully saturated rings. The van der Waals surface area contributed by atoms with Gasteiger partial charge in [-0.1, -0.05) is 41.4 Å². The minimum Gasteiger partial charge on any atom is -0.481 e. The van der Waals surface area contributed by atoms with Crippen LogP contribution in [-0.2, 0) is 14.4 Å². The molecule has 2 atom stereocenters. The number of hydrogen-bond acceptors (Lipinski definition) is 4. The molecule has 1 aliphatic carbocycles. The van der Waals surface area contributed by atoms with Crippen LogP contribution in [-0.4, -0.2) is 28.6 Å². The van der Waals surface area contributed by atoms with E-state index in [4.69, 9.17) is 23.2 Å². The van der Waals surface area contributed by atoms with Gasteiger partial charge in [0, 0.05) is 15.6 Å². The van der Waals surface area contributed by atoms with Crippen molar-refractivity contribution in [3.05, 3.63) is 64.7 Å². The number of allylic oxidation sites excluding steroid dienone is 2. The van der Waals surface area contributed by atoms with E-state index in [-0.39, 0.29) is 17.6 Å². The van der Waals surface area contributed by atoms with Crippen LogP contribution in [0.25, 0.3) is 0 Å². The largest absolute Gasteiger partial charge is 0.481 e. The van der Waals surface area contributed by atoms with Crippen molar-refractivity contribution < 1.29 is 19.5 Å². The van der Waals surface area contributed by atoms with E-state index >= 15 is 0 Å². The summed E-state index contributed by atoms with van der Waals surface area (Å²) in [7, 11) is 0. The van der Waals surface area contributed by atoms with Crippen molar-refractivity contribution in [1.29, 1.82) is 0 Å². The molecule has 2 unspecified atom stereocenters. The number of carbonyl (C=O) groups excluding carboxylic acids is 2. The van der Waals surface area contributed by atoms with Crippen LogP contribution >= 0.6 is 35.0 Å². The normalized spacial score (nSPS) is 17.7. The van der Waals surface area contributed by atoms with Crippen LogP contribution in [0.15, 0.2) is 59.5 Å². The number of benzene rings is 2. The van der Waals surface area contributed by atoms with Gasteiger partial charge in [-0.05, 0) is 49.2 Å². The molecule has 0 aliphatic heterocycles. The molecule has 0 aromatic heterocycles. The number of thioether (sulfide) groups is 1. The minimum absolute atomic E-state index is 0.144. The standard InChI is InChI=1S/C22H20Cl2N2O4S/c23-13-8-9-19(18(24)10-13)26-20(27)12-31-15-5-3-4-14(11-15)25-21(28)16-6-1-2-7-17(16)22(29)30/h1-5,8-11,16-17H,6-7,12H2,(H,25,28)(H,26,27)(H,29,30). The highest BCUT2D eigenvalue weighted by molar-refractivity contribution is 8.00. The van der Waals surface area contributed by atoms with Gasteiger partial charge in [-0.2, -0.15) is 0 Å². The van der Waals surface area contributed by atoms with Gasteiger partial charge in [-0.15, -0.1) is 11.8 Å². The Morgan fingerprint density at radius 3 is 2.45 bits per heavy atom. The van der Waals surface area contributed by atoms with Crippen molar-refractivity contribution in [3.8, 4) is 0 Å². The maximum atomic E-state index is 12.6. The second-order valence-electron chi connectivity index (χ2n) is 6.97. The number of halogens is 2. The van der Waals surface area contributed by atoms with Gasteiger partial charge in [0.1, 0.15) is 0 Å². The van der Waals surface area contributed by atoms with E-state index in [0.29, 0.717) is 34.3 Å². The van der Waals surface area contributed by atoms with Crippen molar-refractivity contribution in [3.63, 3.8) is 0 Å². The van der Waals surface area contributed by atoms with Gasteiger partial charge in [-0.3, -0.25) is 14.4 Å². The van der Waals surface area contributed by atoms with Gasteiger partial charge < -0.3 is 15.7 Å². The van der Waals surface area contributed by atoms with E-state index < -0.39 is 17.8 Å². The Bertz CT molecular complexity index is 1030. The van der Waals surface area contributed by atoms with Gasteiger partial charge in [0.15, 0.2) is 0 Å². The molecule has 0 saturated heterocycles. The first kappa shape index (κ1) is 23.2. The average Bonchev–Trinajstić information content (AvgIpc) is 2.74. The number of nitrogens with one attached hydrogen (secondary N) is 2. The smallest absolute Gasteiger partial charge is 0.307 e. The van der Waals surface area contributed by atoms with E-state index in [1.54, 1.807) is 42.5 Å². The van der Waals surface area contributed by atoms with Crippen LogP contribution in [0.4, 0.5) is 11.4 Å². The quantitative estimate of drug-likeness (QED) is 0.369. The molecule has 0 radical (unpaired) electrons. The molecule has 9 heteroatoms. The third-order valence-corrected chi connectivity index (χ3v) is 6.30. The fraction of sp³-hybridized carbons (Fsp3) is 0.227. The molecule has 0 spiro atoms. The number of aliphatic carboxylic acids is 1. The van der Waals surface area contributed by atoms with Crippen LogP contribution < -0.4 is 10.6 Å². The van der Waals surface area contributed by atoms with Crippen LogP contribution in [0.3, 0.4) is 0 Å². The molecule has 2 aromatic carbocycles. The zero-order valence-electron chi connectivity index (χ0n) is 16.3. The van der Waals surface area contributed by atoms with Gasteiger partial charge in [-0.25, -0.2) is 0 Å². The van der Waals surface area contributed by atoms with Crippen LogP contribution in [0.2, 0.25) is 10.0 Å². The molecular formula is C22H20Cl2N2O4S. The Balaban J connectivity index is 1.57. The number of carboxylic acid groups (broad SMARTS) is 1. The Hall–Kier alpha value is -2.48. The number of carboxylic acids is 1. The van der Waals surface area contributed by atoms with Gasteiger partial charge in [0.25, 0.3) is 0 Å². The second-order valence-corrected chi connectivity index (χ2v) is 8.86. The fourth-order valence-electron chi connectivity index (χ4n) is 3.20. The average molecular weight is 479 g/mol. The van der Waals surface area contributed by atoms with E-state index in [1.165, 1.54) is 11.8 Å². The predicted molar refractivity (Wildman–Crippen MR) is 124 cm³/mol. The van der Waals surface area contributed by atoms with Crippen molar-refractivity contribution in [2.24, 2.45) is 11.8 Å². The third-order valence-electron chi connectivity index (χ3n) is 4.76. The summed E-state index contributed by atoms with van der Waals surface area (Å²) in [5.41, 5.74) is 1.03. The first-order valence-corrected chi connectivity index (χ1v) is 11.2. The second kappa shape index (κ2) is 10.7. The maximum Gasteiger partial charge on any atom is 0.307 e. The molecule has 0 heterocycles. The minimum atomic E-state index is -0.972. The number of amides is 2. The fourth-order valence-corrected chi connectivity index (χ4v) is 4.41. The molecule has 162 valence electrons. The van der Waals surface area contributed by atoms with Gasteiger partial charge in [0.2, 0.25) is 11.8 Å². The lowest BCUT2D eigenvalue weighted by molar-refractivity contribution is -0.146. The van der Waals surface area contributed by atoms with Gasteiger partial charge >= 0.3 is 5.97 Å².